The van der Waals surface area contributed by atoms with Crippen LogP contribution in [0.15, 0.2) is 51.7 Å². The molecule has 1 heterocycles. The molecular formula is C18H17NO3. The molecule has 1 aromatic heterocycles. The van der Waals surface area contributed by atoms with E-state index in [-0.39, 0.29) is 0 Å². The van der Waals surface area contributed by atoms with Gasteiger partial charge < -0.3 is 14.5 Å². The summed E-state index contributed by atoms with van der Waals surface area (Å²) in [5, 5.41) is 4.00. The minimum absolute atomic E-state index is 0.393. The van der Waals surface area contributed by atoms with Gasteiger partial charge in [-0.3, -0.25) is 0 Å². The third-order valence-corrected chi connectivity index (χ3v) is 3.76. The lowest BCUT2D eigenvalue weighted by atomic mass is 10.1. The van der Waals surface area contributed by atoms with Crippen LogP contribution in [-0.2, 0) is 0 Å². The zero-order chi connectivity index (χ0) is 15.7. The van der Waals surface area contributed by atoms with Gasteiger partial charge in [0.1, 0.15) is 17.0 Å². The van der Waals surface area contributed by atoms with Crippen molar-refractivity contribution < 1.29 is 9.15 Å². The number of aryl methyl sites for hydroxylation is 1. The van der Waals surface area contributed by atoms with Gasteiger partial charge in [0.25, 0.3) is 0 Å². The van der Waals surface area contributed by atoms with Crippen LogP contribution in [0.5, 0.6) is 5.75 Å². The fourth-order valence-electron chi connectivity index (χ4n) is 2.42. The highest BCUT2D eigenvalue weighted by Gasteiger charge is 2.08. The molecule has 112 valence electrons. The number of rotatable bonds is 3. The summed E-state index contributed by atoms with van der Waals surface area (Å²) in [4.78, 5) is 12.1. The van der Waals surface area contributed by atoms with E-state index in [1.165, 1.54) is 0 Å². The number of fused-ring (bicyclic) bond motifs is 1. The van der Waals surface area contributed by atoms with Crippen molar-refractivity contribution in [2.45, 2.75) is 13.8 Å². The lowest BCUT2D eigenvalue weighted by molar-refractivity contribution is 0.411. The van der Waals surface area contributed by atoms with Gasteiger partial charge in [-0.1, -0.05) is 18.2 Å². The van der Waals surface area contributed by atoms with Crippen LogP contribution < -0.4 is 15.7 Å². The number of anilines is 2. The molecule has 0 atom stereocenters. The van der Waals surface area contributed by atoms with Crippen molar-refractivity contribution in [3.8, 4) is 5.75 Å². The van der Waals surface area contributed by atoms with Gasteiger partial charge in [0.05, 0.1) is 7.11 Å². The second-order valence-electron chi connectivity index (χ2n) is 5.23. The van der Waals surface area contributed by atoms with Gasteiger partial charge in [-0.2, -0.15) is 0 Å². The van der Waals surface area contributed by atoms with Crippen LogP contribution in [0.1, 0.15) is 11.1 Å². The van der Waals surface area contributed by atoms with E-state index in [1.807, 2.05) is 44.2 Å². The third kappa shape index (κ3) is 2.55. The first-order valence-corrected chi connectivity index (χ1v) is 7.03. The molecule has 0 bridgehead atoms. The van der Waals surface area contributed by atoms with Crippen LogP contribution in [0.25, 0.3) is 11.0 Å². The molecular weight excluding hydrogens is 278 g/mol. The first-order chi connectivity index (χ1) is 10.6. The molecule has 22 heavy (non-hydrogen) atoms. The van der Waals surface area contributed by atoms with Crippen molar-refractivity contribution in [3.63, 3.8) is 0 Å². The Kier molecular flexibility index (Phi) is 3.59. The summed E-state index contributed by atoms with van der Waals surface area (Å²) < 4.78 is 10.7. The maximum Gasteiger partial charge on any atom is 0.360 e. The second kappa shape index (κ2) is 5.56. The number of nitrogens with one attached hydrogen (secondary N) is 1. The van der Waals surface area contributed by atoms with Gasteiger partial charge in [0.15, 0.2) is 0 Å². The Morgan fingerprint density at radius 3 is 2.64 bits per heavy atom. The van der Waals surface area contributed by atoms with E-state index in [0.29, 0.717) is 11.3 Å². The molecule has 4 nitrogen and oxygen atoms in total. The highest BCUT2D eigenvalue weighted by molar-refractivity contribution is 5.80. The average Bonchev–Trinajstić information content (AvgIpc) is 2.51. The first kappa shape index (κ1) is 14.2. The summed E-state index contributed by atoms with van der Waals surface area (Å²) in [7, 11) is 1.63. The van der Waals surface area contributed by atoms with Gasteiger partial charge in [-0.25, -0.2) is 4.79 Å². The monoisotopic (exact) mass is 295 g/mol. The molecule has 3 rings (SSSR count). The summed E-state index contributed by atoms with van der Waals surface area (Å²) in [6, 6.07) is 13.1. The predicted molar refractivity (Wildman–Crippen MR) is 88.2 cm³/mol. The SMILES string of the molecule is COc1cc(Nc2cc3ccccc3oc2=O)cc(C)c1C. The van der Waals surface area contributed by atoms with Gasteiger partial charge >= 0.3 is 5.63 Å². The topological polar surface area (TPSA) is 51.5 Å². The average molecular weight is 295 g/mol. The number of hydrogen-bond donors (Lipinski definition) is 1. The van der Waals surface area contributed by atoms with Crippen molar-refractivity contribution in [1.82, 2.24) is 0 Å². The second-order valence-corrected chi connectivity index (χ2v) is 5.23. The Labute approximate surface area is 128 Å². The predicted octanol–water partition coefficient (Wildman–Crippen LogP) is 4.16. The fourth-order valence-corrected chi connectivity index (χ4v) is 2.42. The Morgan fingerprint density at radius 1 is 1.09 bits per heavy atom. The molecule has 0 fully saturated rings. The molecule has 0 aliphatic rings. The Balaban J connectivity index is 2.05. The molecule has 0 aliphatic carbocycles. The van der Waals surface area contributed by atoms with Crippen LogP contribution in [0.4, 0.5) is 11.4 Å². The smallest absolute Gasteiger partial charge is 0.360 e. The van der Waals surface area contributed by atoms with Gasteiger partial charge in [-0.05, 0) is 43.2 Å². The van der Waals surface area contributed by atoms with Crippen molar-refractivity contribution in [2.24, 2.45) is 0 Å². The molecule has 2 aromatic carbocycles. The summed E-state index contributed by atoms with van der Waals surface area (Å²) in [5.41, 5.74) is 3.56. The zero-order valence-electron chi connectivity index (χ0n) is 12.8. The number of methoxy groups -OCH3 is 1. The maximum absolute atomic E-state index is 12.1. The molecule has 0 spiro atoms. The molecule has 0 unspecified atom stereocenters. The number of hydrogen-bond acceptors (Lipinski definition) is 4. The first-order valence-electron chi connectivity index (χ1n) is 7.03. The molecule has 1 N–H and O–H groups in total. The number of benzene rings is 2. The largest absolute Gasteiger partial charge is 0.496 e. The molecule has 0 saturated heterocycles. The van der Waals surface area contributed by atoms with E-state index < -0.39 is 5.63 Å². The van der Waals surface area contributed by atoms with Crippen LogP contribution >= 0.6 is 0 Å². The lowest BCUT2D eigenvalue weighted by Crippen LogP contribution is -2.07. The lowest BCUT2D eigenvalue weighted by Gasteiger charge is -2.12. The standard InChI is InChI=1S/C18H17NO3/c1-11-8-14(10-17(21-3)12(11)2)19-15-9-13-6-4-5-7-16(13)22-18(15)20/h4-10,19H,1-3H3. The molecule has 4 heteroatoms. The van der Waals surface area contributed by atoms with Crippen molar-refractivity contribution in [1.29, 1.82) is 0 Å². The highest BCUT2D eigenvalue weighted by atomic mass is 16.5. The van der Waals surface area contributed by atoms with Crippen LogP contribution in [-0.4, -0.2) is 7.11 Å². The van der Waals surface area contributed by atoms with Crippen molar-refractivity contribution >= 4 is 22.3 Å². The molecule has 3 aromatic rings. The van der Waals surface area contributed by atoms with E-state index >= 15 is 0 Å². The van der Waals surface area contributed by atoms with Gasteiger partial charge in [0, 0.05) is 17.1 Å². The van der Waals surface area contributed by atoms with Crippen LogP contribution in [0.2, 0.25) is 0 Å². The Bertz CT molecular complexity index is 896. The van der Waals surface area contributed by atoms with E-state index in [4.69, 9.17) is 9.15 Å². The third-order valence-electron chi connectivity index (χ3n) is 3.76. The number of para-hydroxylation sites is 1. The van der Waals surface area contributed by atoms with E-state index in [9.17, 15) is 4.79 Å². The summed E-state index contributed by atoms with van der Waals surface area (Å²) in [5.74, 6) is 0.785. The highest BCUT2D eigenvalue weighted by Crippen LogP contribution is 2.28. The maximum atomic E-state index is 12.1. The van der Waals surface area contributed by atoms with E-state index in [2.05, 4.69) is 5.32 Å². The van der Waals surface area contributed by atoms with Crippen molar-refractivity contribution in [2.75, 3.05) is 12.4 Å². The molecule has 0 aliphatic heterocycles. The van der Waals surface area contributed by atoms with E-state index in [0.717, 1.165) is 28.0 Å². The fraction of sp³-hybridized carbons (Fsp3) is 0.167. The quantitative estimate of drug-likeness (QED) is 0.737. The minimum atomic E-state index is -0.393. The molecule has 0 saturated carbocycles. The van der Waals surface area contributed by atoms with Gasteiger partial charge in [0.2, 0.25) is 0 Å². The number of ether oxygens (including phenoxy) is 1. The Hall–Kier alpha value is -2.75. The summed E-state index contributed by atoms with van der Waals surface area (Å²) in [6.07, 6.45) is 0. The molecule has 0 radical (unpaired) electrons. The summed E-state index contributed by atoms with van der Waals surface area (Å²) in [6.45, 7) is 4.01. The Morgan fingerprint density at radius 2 is 1.86 bits per heavy atom. The van der Waals surface area contributed by atoms with Gasteiger partial charge in [-0.15, -0.1) is 0 Å². The van der Waals surface area contributed by atoms with Crippen molar-refractivity contribution in [3.05, 3.63) is 64.0 Å². The minimum Gasteiger partial charge on any atom is -0.496 e. The molecule has 0 amide bonds. The zero-order valence-corrected chi connectivity index (χ0v) is 12.8. The van der Waals surface area contributed by atoms with Crippen LogP contribution in [0, 0.1) is 13.8 Å². The normalized spacial score (nSPS) is 10.7. The summed E-state index contributed by atoms with van der Waals surface area (Å²) >= 11 is 0. The van der Waals surface area contributed by atoms with E-state index in [1.54, 1.807) is 19.2 Å². The van der Waals surface area contributed by atoms with Crippen LogP contribution in [0.3, 0.4) is 0 Å².